The van der Waals surface area contributed by atoms with Gasteiger partial charge in [-0.05, 0) is 52.4 Å². The normalized spacial score (nSPS) is 13.3. The minimum atomic E-state index is -0.0986. The Morgan fingerprint density at radius 3 is 2.85 bits per heavy atom. The van der Waals surface area contributed by atoms with Crippen molar-refractivity contribution >= 4 is 23.5 Å². The summed E-state index contributed by atoms with van der Waals surface area (Å²) in [6, 6.07) is 15.7. The Morgan fingerprint density at radius 1 is 1.15 bits per heavy atom. The molecule has 0 saturated heterocycles. The fraction of sp³-hybridized carbons (Fsp3) is 0.222. The van der Waals surface area contributed by atoms with Crippen molar-refractivity contribution in [2.45, 2.75) is 18.1 Å². The Bertz CT molecular complexity index is 941. The molecule has 8 heteroatoms. The van der Waals surface area contributed by atoms with E-state index in [0.717, 1.165) is 12.1 Å². The molecule has 26 heavy (non-hydrogen) atoms. The number of hydrogen-bond donors (Lipinski definition) is 1. The molecule has 0 saturated carbocycles. The van der Waals surface area contributed by atoms with Crippen LogP contribution in [-0.2, 0) is 13.0 Å². The zero-order chi connectivity index (χ0) is 17.9. The molecule has 3 aromatic rings. The van der Waals surface area contributed by atoms with E-state index in [1.165, 1.54) is 22.9 Å². The van der Waals surface area contributed by atoms with Gasteiger partial charge in [0.25, 0.3) is 0 Å². The molecule has 132 valence electrons. The second kappa shape index (κ2) is 7.17. The molecular weight excluding hydrogens is 348 g/mol. The summed E-state index contributed by atoms with van der Waals surface area (Å²) < 4.78 is 1.65. The topological polar surface area (TPSA) is 75.9 Å². The summed E-state index contributed by atoms with van der Waals surface area (Å²) in [5, 5.41) is 15.3. The van der Waals surface area contributed by atoms with E-state index in [9.17, 15) is 4.79 Å². The average molecular weight is 366 g/mol. The predicted octanol–water partition coefficient (Wildman–Crippen LogP) is 2.97. The number of carbonyl (C=O) groups is 1. The minimum Gasteiger partial charge on any atom is -0.320 e. The number of tetrazole rings is 1. The van der Waals surface area contributed by atoms with Crippen molar-refractivity contribution < 1.29 is 4.79 Å². The van der Waals surface area contributed by atoms with Crippen LogP contribution < -0.4 is 5.32 Å². The van der Waals surface area contributed by atoms with Crippen molar-refractivity contribution in [1.82, 2.24) is 25.1 Å². The SMILES string of the molecule is CSc1nnnn1-c1cccc(NC(=O)N2CCc3ccccc3C2)c1. The van der Waals surface area contributed by atoms with E-state index >= 15 is 0 Å². The second-order valence-corrected chi connectivity index (χ2v) is 6.77. The molecule has 0 spiro atoms. The van der Waals surface area contributed by atoms with Crippen LogP contribution in [0.3, 0.4) is 0 Å². The monoisotopic (exact) mass is 366 g/mol. The van der Waals surface area contributed by atoms with Crippen LogP contribution in [0, 0.1) is 0 Å². The third-order valence-corrected chi connectivity index (χ3v) is 5.00. The van der Waals surface area contributed by atoms with Gasteiger partial charge in [-0.2, -0.15) is 4.68 Å². The zero-order valence-electron chi connectivity index (χ0n) is 14.3. The van der Waals surface area contributed by atoms with E-state index in [2.05, 4.69) is 33.0 Å². The number of rotatable bonds is 3. The van der Waals surface area contributed by atoms with Gasteiger partial charge >= 0.3 is 6.03 Å². The number of anilines is 1. The van der Waals surface area contributed by atoms with Crippen molar-refractivity contribution in [1.29, 1.82) is 0 Å². The summed E-state index contributed by atoms with van der Waals surface area (Å²) in [7, 11) is 0. The van der Waals surface area contributed by atoms with Crippen molar-refractivity contribution in [2.24, 2.45) is 0 Å². The number of benzene rings is 2. The number of fused-ring (bicyclic) bond motifs is 1. The number of carbonyl (C=O) groups excluding carboxylic acids is 1. The molecule has 1 aromatic heterocycles. The molecule has 0 atom stereocenters. The molecule has 7 nitrogen and oxygen atoms in total. The lowest BCUT2D eigenvalue weighted by atomic mass is 10.0. The van der Waals surface area contributed by atoms with Gasteiger partial charge in [0.05, 0.1) is 5.69 Å². The largest absolute Gasteiger partial charge is 0.322 e. The maximum absolute atomic E-state index is 12.7. The average Bonchev–Trinajstić information content (AvgIpc) is 3.16. The number of hydrogen-bond acceptors (Lipinski definition) is 5. The Labute approximate surface area is 155 Å². The van der Waals surface area contributed by atoms with Crippen LogP contribution in [0.5, 0.6) is 0 Å². The van der Waals surface area contributed by atoms with Gasteiger partial charge in [0.2, 0.25) is 5.16 Å². The van der Waals surface area contributed by atoms with E-state index in [4.69, 9.17) is 0 Å². The highest BCUT2D eigenvalue weighted by atomic mass is 32.2. The molecule has 0 radical (unpaired) electrons. The number of nitrogens with one attached hydrogen (secondary N) is 1. The van der Waals surface area contributed by atoms with E-state index in [0.29, 0.717) is 23.9 Å². The van der Waals surface area contributed by atoms with E-state index in [-0.39, 0.29) is 6.03 Å². The first-order valence-corrected chi connectivity index (χ1v) is 9.52. The van der Waals surface area contributed by atoms with Gasteiger partial charge < -0.3 is 10.2 Å². The van der Waals surface area contributed by atoms with E-state index in [1.807, 2.05) is 47.6 Å². The minimum absolute atomic E-state index is 0.0986. The number of thioether (sulfide) groups is 1. The summed E-state index contributed by atoms with van der Waals surface area (Å²) in [5.74, 6) is 0. The lowest BCUT2D eigenvalue weighted by Crippen LogP contribution is -2.38. The molecular formula is C18H18N6OS. The maximum atomic E-state index is 12.7. The summed E-state index contributed by atoms with van der Waals surface area (Å²) in [6.07, 6.45) is 2.80. The maximum Gasteiger partial charge on any atom is 0.322 e. The summed E-state index contributed by atoms with van der Waals surface area (Å²) in [5.41, 5.74) is 4.05. The van der Waals surface area contributed by atoms with Crippen molar-refractivity contribution in [2.75, 3.05) is 18.1 Å². The first kappa shape index (κ1) is 16.6. The van der Waals surface area contributed by atoms with Crippen molar-refractivity contribution in [3.63, 3.8) is 0 Å². The zero-order valence-corrected chi connectivity index (χ0v) is 15.1. The molecule has 2 amide bonds. The Morgan fingerprint density at radius 2 is 2.00 bits per heavy atom. The van der Waals surface area contributed by atoms with Gasteiger partial charge in [-0.15, -0.1) is 5.10 Å². The van der Waals surface area contributed by atoms with Crippen LogP contribution >= 0.6 is 11.8 Å². The van der Waals surface area contributed by atoms with Gasteiger partial charge in [0, 0.05) is 18.8 Å². The smallest absolute Gasteiger partial charge is 0.320 e. The molecule has 0 aliphatic carbocycles. The van der Waals surface area contributed by atoms with Gasteiger partial charge in [-0.25, -0.2) is 4.79 Å². The molecule has 1 aliphatic heterocycles. The summed E-state index contributed by atoms with van der Waals surface area (Å²) >= 11 is 1.46. The number of amides is 2. The first-order valence-electron chi connectivity index (χ1n) is 8.30. The lowest BCUT2D eigenvalue weighted by molar-refractivity contribution is 0.206. The molecule has 0 fully saturated rings. The number of nitrogens with zero attached hydrogens (tertiary/aromatic N) is 5. The fourth-order valence-corrected chi connectivity index (χ4v) is 3.49. The molecule has 0 bridgehead atoms. The van der Waals surface area contributed by atoms with E-state index < -0.39 is 0 Å². The molecule has 4 rings (SSSR count). The van der Waals surface area contributed by atoms with Crippen molar-refractivity contribution in [3.8, 4) is 5.69 Å². The molecule has 1 N–H and O–H groups in total. The van der Waals surface area contributed by atoms with E-state index in [1.54, 1.807) is 4.68 Å². The third kappa shape index (κ3) is 3.28. The van der Waals surface area contributed by atoms with Crippen LogP contribution in [0.2, 0.25) is 0 Å². The first-order chi connectivity index (χ1) is 12.7. The number of aromatic nitrogens is 4. The Hall–Kier alpha value is -2.87. The van der Waals surface area contributed by atoms with Crippen LogP contribution in [0.15, 0.2) is 53.7 Å². The predicted molar refractivity (Wildman–Crippen MR) is 101 cm³/mol. The Kier molecular flexibility index (Phi) is 4.57. The van der Waals surface area contributed by atoms with Gasteiger partial charge in [0.15, 0.2) is 0 Å². The third-order valence-electron chi connectivity index (χ3n) is 4.38. The van der Waals surface area contributed by atoms with Crippen LogP contribution in [-0.4, -0.2) is 43.9 Å². The van der Waals surface area contributed by atoms with Gasteiger partial charge in [0.1, 0.15) is 0 Å². The summed E-state index contributed by atoms with van der Waals surface area (Å²) in [4.78, 5) is 14.5. The van der Waals surface area contributed by atoms with Crippen LogP contribution in [0.4, 0.5) is 10.5 Å². The van der Waals surface area contributed by atoms with Gasteiger partial charge in [-0.3, -0.25) is 0 Å². The standard InChI is InChI=1S/C18H18N6OS/c1-26-18-20-21-22-24(18)16-8-4-7-15(11-16)19-17(25)23-10-9-13-5-2-3-6-14(13)12-23/h2-8,11H,9-10,12H2,1H3,(H,19,25). The van der Waals surface area contributed by atoms with Crippen molar-refractivity contribution in [3.05, 3.63) is 59.7 Å². The van der Waals surface area contributed by atoms with Crippen LogP contribution in [0.25, 0.3) is 5.69 Å². The Balaban J connectivity index is 1.49. The number of urea groups is 1. The molecule has 2 heterocycles. The molecule has 2 aromatic carbocycles. The second-order valence-electron chi connectivity index (χ2n) is 6.00. The quantitative estimate of drug-likeness (QED) is 0.721. The fourth-order valence-electron chi connectivity index (χ4n) is 3.06. The van der Waals surface area contributed by atoms with Gasteiger partial charge in [-0.1, -0.05) is 42.1 Å². The highest BCUT2D eigenvalue weighted by molar-refractivity contribution is 7.98. The molecule has 0 unspecified atom stereocenters. The lowest BCUT2D eigenvalue weighted by Gasteiger charge is -2.29. The highest BCUT2D eigenvalue weighted by Gasteiger charge is 2.20. The van der Waals surface area contributed by atoms with Crippen LogP contribution in [0.1, 0.15) is 11.1 Å². The highest BCUT2D eigenvalue weighted by Crippen LogP contribution is 2.21. The summed E-state index contributed by atoms with van der Waals surface area (Å²) in [6.45, 7) is 1.34. The molecule has 1 aliphatic rings.